The van der Waals surface area contributed by atoms with Crippen LogP contribution in [0.4, 0.5) is 8.78 Å². The Hall–Kier alpha value is -2.09. The van der Waals surface area contributed by atoms with Crippen molar-refractivity contribution in [3.05, 3.63) is 29.6 Å². The van der Waals surface area contributed by atoms with E-state index in [1.165, 1.54) is 0 Å². The maximum absolute atomic E-state index is 13.0. The van der Waals surface area contributed by atoms with Crippen LogP contribution in [0, 0.1) is 11.8 Å². The molecule has 2 N–H and O–H groups in total. The molecule has 0 unspecified atom stereocenters. The molecule has 0 aromatic carbocycles. The van der Waals surface area contributed by atoms with Gasteiger partial charge in [-0.25, -0.2) is 19.6 Å². The largest absolute Gasteiger partial charge is 0.479 e. The number of amides is 1. The molecular formula is C8H6F2N2O4. The lowest BCUT2D eigenvalue weighted by atomic mass is 10.2. The molecule has 0 atom stereocenters. The van der Waals surface area contributed by atoms with Crippen LogP contribution in [0.25, 0.3) is 0 Å². The number of nitrogens with one attached hydrogen (secondary N) is 1. The first kappa shape index (κ1) is 12.0. The molecule has 8 heteroatoms. The molecule has 0 aliphatic rings. The van der Waals surface area contributed by atoms with E-state index in [1.807, 2.05) is 0 Å². The van der Waals surface area contributed by atoms with Crippen LogP contribution in [0.15, 0.2) is 12.3 Å². The average Bonchev–Trinajstić information content (AvgIpc) is 2.21. The summed E-state index contributed by atoms with van der Waals surface area (Å²) in [5, 5.41) is 8.18. The molecule has 0 fully saturated rings. The molecule has 1 amide bonds. The van der Waals surface area contributed by atoms with Gasteiger partial charge in [-0.15, -0.1) is 0 Å². The third-order valence-electron chi connectivity index (χ3n) is 1.45. The van der Waals surface area contributed by atoms with Gasteiger partial charge in [-0.05, 0) is 6.07 Å². The first-order valence-corrected chi connectivity index (χ1v) is 3.96. The number of hydroxylamine groups is 1. The molecule has 0 saturated carbocycles. The van der Waals surface area contributed by atoms with Gasteiger partial charge in [0, 0.05) is 6.20 Å². The number of carboxylic acid groups (broad SMARTS) is 1. The summed E-state index contributed by atoms with van der Waals surface area (Å²) in [5.74, 6) is -5.27. The third-order valence-corrected chi connectivity index (χ3v) is 1.45. The maximum Gasteiger partial charge on any atom is 0.332 e. The number of carbonyl (C=O) groups excluding carboxylic acids is 1. The lowest BCUT2D eigenvalue weighted by Crippen LogP contribution is -2.27. The van der Waals surface area contributed by atoms with Gasteiger partial charge in [0.1, 0.15) is 0 Å². The molecule has 1 aromatic rings. The second-order valence-corrected chi connectivity index (χ2v) is 2.58. The molecule has 0 bridgehead atoms. The number of rotatable bonds is 4. The number of hydrogen-bond donors (Lipinski definition) is 2. The fraction of sp³-hybridized carbons (Fsp3) is 0.125. The zero-order valence-electron chi connectivity index (χ0n) is 7.74. The number of carbonyl (C=O) groups is 2. The van der Waals surface area contributed by atoms with E-state index in [1.54, 1.807) is 5.48 Å². The van der Waals surface area contributed by atoms with E-state index in [4.69, 9.17) is 5.11 Å². The summed E-state index contributed by atoms with van der Waals surface area (Å²) in [6, 6.07) is 0.928. The third kappa shape index (κ3) is 2.95. The van der Waals surface area contributed by atoms with Gasteiger partial charge in [-0.1, -0.05) is 0 Å². The van der Waals surface area contributed by atoms with Crippen LogP contribution in [-0.2, 0) is 9.63 Å². The number of carboxylic acids is 1. The Labute approximate surface area is 87.8 Å². The zero-order valence-corrected chi connectivity index (χ0v) is 7.74. The highest BCUT2D eigenvalue weighted by Crippen LogP contribution is 2.08. The topological polar surface area (TPSA) is 88.5 Å². The molecule has 0 radical (unpaired) electrons. The van der Waals surface area contributed by atoms with Crippen LogP contribution in [0.1, 0.15) is 10.4 Å². The number of aliphatic carboxylic acids is 1. The highest BCUT2D eigenvalue weighted by molar-refractivity contribution is 5.93. The Bertz CT molecular complexity index is 424. The summed E-state index contributed by atoms with van der Waals surface area (Å²) in [4.78, 5) is 28.3. The van der Waals surface area contributed by atoms with Gasteiger partial charge in [0.15, 0.2) is 12.4 Å². The summed E-state index contributed by atoms with van der Waals surface area (Å²) in [7, 11) is 0. The zero-order chi connectivity index (χ0) is 12.1. The van der Waals surface area contributed by atoms with Gasteiger partial charge >= 0.3 is 5.97 Å². The summed E-state index contributed by atoms with van der Waals surface area (Å²) >= 11 is 0. The predicted molar refractivity (Wildman–Crippen MR) is 45.2 cm³/mol. The van der Waals surface area contributed by atoms with E-state index in [0.717, 1.165) is 12.3 Å². The van der Waals surface area contributed by atoms with Crippen molar-refractivity contribution in [2.75, 3.05) is 6.61 Å². The molecule has 0 spiro atoms. The fourth-order valence-electron chi connectivity index (χ4n) is 0.812. The van der Waals surface area contributed by atoms with Gasteiger partial charge in [-0.3, -0.25) is 9.63 Å². The van der Waals surface area contributed by atoms with E-state index in [-0.39, 0.29) is 0 Å². The number of nitrogens with zero attached hydrogens (tertiary/aromatic N) is 1. The van der Waals surface area contributed by atoms with Crippen molar-refractivity contribution in [1.82, 2.24) is 10.5 Å². The Balaban J connectivity index is 2.66. The highest BCUT2D eigenvalue weighted by atomic mass is 19.2. The molecular weight excluding hydrogens is 226 g/mol. The molecule has 0 aliphatic carbocycles. The van der Waals surface area contributed by atoms with Crippen LogP contribution in [0.3, 0.4) is 0 Å². The monoisotopic (exact) mass is 232 g/mol. The van der Waals surface area contributed by atoms with Crippen molar-refractivity contribution in [2.24, 2.45) is 0 Å². The van der Waals surface area contributed by atoms with Gasteiger partial charge in [-0.2, -0.15) is 4.39 Å². The van der Waals surface area contributed by atoms with Gasteiger partial charge in [0.05, 0.1) is 5.56 Å². The van der Waals surface area contributed by atoms with Crippen molar-refractivity contribution in [3.63, 3.8) is 0 Å². The van der Waals surface area contributed by atoms with Gasteiger partial charge < -0.3 is 5.11 Å². The molecule has 86 valence electrons. The Morgan fingerprint density at radius 3 is 2.81 bits per heavy atom. The van der Waals surface area contributed by atoms with Crippen molar-refractivity contribution in [1.29, 1.82) is 0 Å². The quantitative estimate of drug-likeness (QED) is 0.568. The van der Waals surface area contributed by atoms with Crippen LogP contribution in [0.5, 0.6) is 0 Å². The minimum atomic E-state index is -1.43. The summed E-state index contributed by atoms with van der Waals surface area (Å²) in [6.45, 7) is -0.791. The number of hydrogen-bond acceptors (Lipinski definition) is 4. The summed E-state index contributed by atoms with van der Waals surface area (Å²) in [5.41, 5.74) is 1.02. The van der Waals surface area contributed by atoms with E-state index in [9.17, 15) is 18.4 Å². The van der Waals surface area contributed by atoms with Gasteiger partial charge in [0.2, 0.25) is 5.95 Å². The predicted octanol–water partition coefficient (Wildman–Crippen LogP) is 0.106. The minimum absolute atomic E-state index is 0.627. The van der Waals surface area contributed by atoms with Crippen molar-refractivity contribution >= 4 is 11.9 Å². The smallest absolute Gasteiger partial charge is 0.332 e. The molecule has 1 rings (SSSR count). The second kappa shape index (κ2) is 5.12. The number of aromatic nitrogens is 1. The first-order valence-electron chi connectivity index (χ1n) is 3.96. The summed E-state index contributed by atoms with van der Waals surface area (Å²) in [6.07, 6.45) is 0.893. The molecule has 1 aromatic heterocycles. The van der Waals surface area contributed by atoms with E-state index in [0.29, 0.717) is 0 Å². The fourth-order valence-corrected chi connectivity index (χ4v) is 0.812. The Morgan fingerprint density at radius 2 is 2.19 bits per heavy atom. The molecule has 6 nitrogen and oxygen atoms in total. The molecule has 0 aliphatic heterocycles. The standard InChI is InChI=1S/C8H6F2N2O4/c9-6-4(1-2-11-7(6)10)8(15)12-16-3-5(13)14/h1-2H,3H2,(H,12,15)(H,13,14). The minimum Gasteiger partial charge on any atom is -0.479 e. The Morgan fingerprint density at radius 1 is 1.50 bits per heavy atom. The number of pyridine rings is 1. The molecule has 1 heterocycles. The summed E-state index contributed by atoms with van der Waals surface area (Å²) < 4.78 is 25.6. The normalized spacial score (nSPS) is 9.88. The average molecular weight is 232 g/mol. The Kier molecular flexibility index (Phi) is 3.84. The lowest BCUT2D eigenvalue weighted by molar-refractivity contribution is -0.144. The van der Waals surface area contributed by atoms with Crippen molar-refractivity contribution in [3.8, 4) is 0 Å². The van der Waals surface area contributed by atoms with E-state index in [2.05, 4.69) is 9.82 Å². The van der Waals surface area contributed by atoms with Gasteiger partial charge in [0.25, 0.3) is 5.91 Å². The highest BCUT2D eigenvalue weighted by Gasteiger charge is 2.16. The van der Waals surface area contributed by atoms with Crippen molar-refractivity contribution < 1.29 is 28.3 Å². The van der Waals surface area contributed by atoms with Crippen LogP contribution in [-0.4, -0.2) is 28.6 Å². The number of halogens is 2. The van der Waals surface area contributed by atoms with Crippen LogP contribution < -0.4 is 5.48 Å². The van der Waals surface area contributed by atoms with Crippen LogP contribution in [0.2, 0.25) is 0 Å². The molecule has 0 saturated heterocycles. The van der Waals surface area contributed by atoms with Crippen LogP contribution >= 0.6 is 0 Å². The second-order valence-electron chi connectivity index (χ2n) is 2.58. The van der Waals surface area contributed by atoms with Crippen molar-refractivity contribution in [2.45, 2.75) is 0 Å². The van der Waals surface area contributed by atoms with E-state index < -0.39 is 35.8 Å². The SMILES string of the molecule is O=C(O)CONC(=O)c1ccnc(F)c1F. The maximum atomic E-state index is 13.0. The lowest BCUT2D eigenvalue weighted by Gasteiger charge is -2.04. The molecule has 16 heavy (non-hydrogen) atoms. The van der Waals surface area contributed by atoms with E-state index >= 15 is 0 Å². The first-order chi connectivity index (χ1) is 7.52.